The SMILES string of the molecule is CCN1CCCC1CNC(=NC)N1CCC(Oc2ccccc2)CC1. The van der Waals surface area contributed by atoms with Gasteiger partial charge < -0.3 is 15.0 Å². The van der Waals surface area contributed by atoms with E-state index < -0.39 is 0 Å². The summed E-state index contributed by atoms with van der Waals surface area (Å²) in [6, 6.07) is 10.8. The minimum absolute atomic E-state index is 0.308. The fourth-order valence-electron chi connectivity index (χ4n) is 3.96. The Bertz CT molecular complexity index is 540. The molecule has 1 aromatic carbocycles. The van der Waals surface area contributed by atoms with Crippen LogP contribution in [0, 0.1) is 0 Å². The molecule has 0 radical (unpaired) electrons. The van der Waals surface area contributed by atoms with Gasteiger partial charge in [-0.1, -0.05) is 25.1 Å². The minimum atomic E-state index is 0.308. The third-order valence-corrected chi connectivity index (χ3v) is 5.40. The zero-order valence-electron chi connectivity index (χ0n) is 15.7. The van der Waals surface area contributed by atoms with Gasteiger partial charge in [-0.2, -0.15) is 0 Å². The van der Waals surface area contributed by atoms with Gasteiger partial charge in [0.2, 0.25) is 0 Å². The first kappa shape index (κ1) is 18.1. The number of ether oxygens (including phenoxy) is 1. The second-order valence-electron chi connectivity index (χ2n) is 6.97. The van der Waals surface area contributed by atoms with E-state index in [0.717, 1.165) is 50.7 Å². The molecule has 5 heteroatoms. The lowest BCUT2D eigenvalue weighted by Crippen LogP contribution is -2.50. The molecule has 2 fully saturated rings. The fourth-order valence-corrected chi connectivity index (χ4v) is 3.96. The molecule has 1 N–H and O–H groups in total. The molecule has 2 heterocycles. The summed E-state index contributed by atoms with van der Waals surface area (Å²) in [6.45, 7) is 7.64. The second-order valence-corrected chi connectivity index (χ2v) is 6.97. The van der Waals surface area contributed by atoms with Gasteiger partial charge in [0, 0.05) is 45.6 Å². The van der Waals surface area contributed by atoms with Crippen LogP contribution in [0.4, 0.5) is 0 Å². The van der Waals surface area contributed by atoms with E-state index in [1.165, 1.54) is 19.4 Å². The zero-order valence-corrected chi connectivity index (χ0v) is 15.7. The maximum absolute atomic E-state index is 6.09. The summed E-state index contributed by atoms with van der Waals surface area (Å²) >= 11 is 0. The Morgan fingerprint density at radius 3 is 2.60 bits per heavy atom. The molecular formula is C20H32N4O. The molecule has 0 bridgehead atoms. The topological polar surface area (TPSA) is 40.1 Å². The van der Waals surface area contributed by atoms with Gasteiger partial charge in [0.1, 0.15) is 11.9 Å². The summed E-state index contributed by atoms with van der Waals surface area (Å²) in [5.74, 6) is 2.02. The van der Waals surface area contributed by atoms with Crippen LogP contribution in [0.3, 0.4) is 0 Å². The van der Waals surface area contributed by atoms with Crippen molar-refractivity contribution in [1.29, 1.82) is 0 Å². The summed E-state index contributed by atoms with van der Waals surface area (Å²) in [5, 5.41) is 3.60. The highest BCUT2D eigenvalue weighted by Crippen LogP contribution is 2.19. The number of para-hydroxylation sites is 1. The van der Waals surface area contributed by atoms with Gasteiger partial charge in [0.25, 0.3) is 0 Å². The molecular weight excluding hydrogens is 312 g/mol. The van der Waals surface area contributed by atoms with E-state index >= 15 is 0 Å². The lowest BCUT2D eigenvalue weighted by molar-refractivity contribution is 0.129. The molecule has 3 rings (SSSR count). The average Bonchev–Trinajstić information content (AvgIpc) is 3.12. The number of piperidine rings is 1. The molecule has 0 amide bonds. The van der Waals surface area contributed by atoms with Crippen LogP contribution in [-0.2, 0) is 0 Å². The summed E-state index contributed by atoms with van der Waals surface area (Å²) in [6.07, 6.45) is 5.01. The van der Waals surface area contributed by atoms with E-state index in [-0.39, 0.29) is 0 Å². The largest absolute Gasteiger partial charge is 0.490 e. The zero-order chi connectivity index (χ0) is 17.5. The van der Waals surface area contributed by atoms with E-state index in [0.29, 0.717) is 12.1 Å². The van der Waals surface area contributed by atoms with Crippen molar-refractivity contribution < 1.29 is 4.74 Å². The van der Waals surface area contributed by atoms with Crippen LogP contribution in [-0.4, -0.2) is 67.7 Å². The first-order valence-electron chi connectivity index (χ1n) is 9.71. The van der Waals surface area contributed by atoms with Crippen LogP contribution in [0.15, 0.2) is 35.3 Å². The Morgan fingerprint density at radius 2 is 1.92 bits per heavy atom. The molecule has 0 aliphatic carbocycles. The number of nitrogens with one attached hydrogen (secondary N) is 1. The monoisotopic (exact) mass is 344 g/mol. The van der Waals surface area contributed by atoms with Gasteiger partial charge in [-0.3, -0.25) is 9.89 Å². The Hall–Kier alpha value is -1.75. The van der Waals surface area contributed by atoms with Gasteiger partial charge in [-0.05, 0) is 38.1 Å². The quantitative estimate of drug-likeness (QED) is 0.658. The van der Waals surface area contributed by atoms with Crippen LogP contribution in [0.2, 0.25) is 0 Å². The average molecular weight is 345 g/mol. The highest BCUT2D eigenvalue weighted by molar-refractivity contribution is 5.80. The molecule has 25 heavy (non-hydrogen) atoms. The standard InChI is InChI=1S/C20H32N4O/c1-3-23-13-7-8-17(23)16-22-20(21-2)24-14-11-19(12-15-24)25-18-9-5-4-6-10-18/h4-6,9-10,17,19H,3,7-8,11-16H2,1-2H3,(H,21,22). The fraction of sp³-hybridized carbons (Fsp3) is 0.650. The normalized spacial score (nSPS) is 23.0. The summed E-state index contributed by atoms with van der Waals surface area (Å²) < 4.78 is 6.09. The molecule has 0 spiro atoms. The van der Waals surface area contributed by atoms with E-state index in [4.69, 9.17) is 4.74 Å². The van der Waals surface area contributed by atoms with Crippen LogP contribution in [0.5, 0.6) is 5.75 Å². The predicted molar refractivity (Wildman–Crippen MR) is 103 cm³/mol. The van der Waals surface area contributed by atoms with Crippen LogP contribution in [0.1, 0.15) is 32.6 Å². The molecule has 0 aromatic heterocycles. The molecule has 1 atom stereocenters. The Labute approximate surface area is 152 Å². The smallest absolute Gasteiger partial charge is 0.193 e. The molecule has 0 saturated carbocycles. The molecule has 2 saturated heterocycles. The molecule has 138 valence electrons. The van der Waals surface area contributed by atoms with Crippen LogP contribution < -0.4 is 10.1 Å². The molecule has 1 unspecified atom stereocenters. The number of hydrogen-bond donors (Lipinski definition) is 1. The number of aliphatic imine (C=N–C) groups is 1. The summed E-state index contributed by atoms with van der Waals surface area (Å²) in [5.41, 5.74) is 0. The highest BCUT2D eigenvalue weighted by atomic mass is 16.5. The Kier molecular flexibility index (Phi) is 6.56. The maximum Gasteiger partial charge on any atom is 0.193 e. The van der Waals surface area contributed by atoms with Crippen molar-refractivity contribution in [3.8, 4) is 5.75 Å². The lowest BCUT2D eigenvalue weighted by atomic mass is 10.1. The van der Waals surface area contributed by atoms with Gasteiger partial charge in [0.15, 0.2) is 5.96 Å². The molecule has 2 aliphatic rings. The van der Waals surface area contributed by atoms with Crippen molar-refractivity contribution in [2.75, 3.05) is 39.8 Å². The number of hydrogen-bond acceptors (Lipinski definition) is 3. The Morgan fingerprint density at radius 1 is 1.16 bits per heavy atom. The van der Waals surface area contributed by atoms with Crippen molar-refractivity contribution in [3.05, 3.63) is 30.3 Å². The summed E-state index contributed by atoms with van der Waals surface area (Å²) in [7, 11) is 1.89. The number of benzene rings is 1. The first-order chi connectivity index (χ1) is 12.3. The predicted octanol–water partition coefficient (Wildman–Crippen LogP) is 2.59. The maximum atomic E-state index is 6.09. The summed E-state index contributed by atoms with van der Waals surface area (Å²) in [4.78, 5) is 9.45. The van der Waals surface area contributed by atoms with E-state index in [9.17, 15) is 0 Å². The number of likely N-dealkylation sites (N-methyl/N-ethyl adjacent to an activating group) is 1. The first-order valence-corrected chi connectivity index (χ1v) is 9.71. The number of guanidine groups is 1. The number of likely N-dealkylation sites (tertiary alicyclic amines) is 2. The van der Waals surface area contributed by atoms with Crippen molar-refractivity contribution in [2.45, 2.75) is 44.8 Å². The van der Waals surface area contributed by atoms with Crippen LogP contribution in [0.25, 0.3) is 0 Å². The van der Waals surface area contributed by atoms with E-state index in [1.807, 2.05) is 37.4 Å². The van der Waals surface area contributed by atoms with Gasteiger partial charge in [-0.15, -0.1) is 0 Å². The van der Waals surface area contributed by atoms with Crippen molar-refractivity contribution in [2.24, 2.45) is 4.99 Å². The van der Waals surface area contributed by atoms with E-state index in [1.54, 1.807) is 0 Å². The Balaban J connectivity index is 1.44. The number of rotatable bonds is 5. The van der Waals surface area contributed by atoms with Crippen LogP contribution >= 0.6 is 0 Å². The number of nitrogens with zero attached hydrogens (tertiary/aromatic N) is 3. The van der Waals surface area contributed by atoms with Crippen molar-refractivity contribution >= 4 is 5.96 Å². The third kappa shape index (κ3) is 4.88. The minimum Gasteiger partial charge on any atom is -0.490 e. The second kappa shape index (κ2) is 9.09. The van der Waals surface area contributed by atoms with Gasteiger partial charge >= 0.3 is 0 Å². The van der Waals surface area contributed by atoms with E-state index in [2.05, 4.69) is 27.0 Å². The lowest BCUT2D eigenvalue weighted by Gasteiger charge is -2.35. The molecule has 5 nitrogen and oxygen atoms in total. The van der Waals surface area contributed by atoms with Gasteiger partial charge in [-0.25, -0.2) is 0 Å². The third-order valence-electron chi connectivity index (χ3n) is 5.40. The van der Waals surface area contributed by atoms with Crippen molar-refractivity contribution in [1.82, 2.24) is 15.1 Å². The molecule has 2 aliphatic heterocycles. The molecule has 1 aromatic rings. The van der Waals surface area contributed by atoms with Gasteiger partial charge in [0.05, 0.1) is 0 Å². The highest BCUT2D eigenvalue weighted by Gasteiger charge is 2.25. The van der Waals surface area contributed by atoms with Crippen molar-refractivity contribution in [3.63, 3.8) is 0 Å².